The van der Waals surface area contributed by atoms with E-state index >= 15 is 0 Å². The van der Waals surface area contributed by atoms with Gasteiger partial charge in [-0.1, -0.05) is 24.3 Å². The number of methoxy groups -OCH3 is 1. The van der Waals surface area contributed by atoms with Gasteiger partial charge < -0.3 is 10.1 Å². The number of rotatable bonds is 6. The topological polar surface area (TPSA) is 51.2 Å². The average Bonchev–Trinajstić information content (AvgIpc) is 2.89. The molecule has 0 fully saturated rings. The number of aromatic nitrogens is 1. The van der Waals surface area contributed by atoms with Gasteiger partial charge in [0.05, 0.1) is 24.2 Å². The number of amides is 1. The summed E-state index contributed by atoms with van der Waals surface area (Å²) in [7, 11) is 1.57. The Bertz CT molecular complexity index is 1450. The van der Waals surface area contributed by atoms with E-state index < -0.39 is 35.3 Å². The van der Waals surface area contributed by atoms with Crippen LogP contribution in [0.25, 0.3) is 21.9 Å². The van der Waals surface area contributed by atoms with Crippen LogP contribution < -0.4 is 10.1 Å². The van der Waals surface area contributed by atoms with Gasteiger partial charge in [-0.2, -0.15) is 26.3 Å². The molecule has 1 aromatic heterocycles. The SMILES string of the molecule is COc1cccc(-c2ccc(CNC(=O)C(C)c3cc(C(F)(F)F)cc(C(F)(F)F)c3)c3cnccc23)c1. The number of halogens is 6. The molecule has 38 heavy (non-hydrogen) atoms. The number of hydrogen-bond donors (Lipinski definition) is 1. The largest absolute Gasteiger partial charge is 0.497 e. The molecule has 0 saturated heterocycles. The highest BCUT2D eigenvalue weighted by atomic mass is 19.4. The first kappa shape index (κ1) is 27.0. The number of benzene rings is 3. The second-order valence-electron chi connectivity index (χ2n) is 8.70. The van der Waals surface area contributed by atoms with Crippen molar-refractivity contribution in [3.05, 3.63) is 95.3 Å². The summed E-state index contributed by atoms with van der Waals surface area (Å²) in [6, 6.07) is 14.1. The third kappa shape index (κ3) is 5.74. The molecule has 198 valence electrons. The Hall–Kier alpha value is -4.08. The molecule has 1 heterocycles. The van der Waals surface area contributed by atoms with Gasteiger partial charge in [0, 0.05) is 24.3 Å². The standard InChI is InChI=1S/C28H22F6N2O2/c1-16(19-10-20(27(29,30)31)13-21(11-19)28(32,33)34)26(37)36-14-18-6-7-23(24-8-9-35-15-25(18)24)17-4-3-5-22(12-17)38-2/h3-13,15-16H,14H2,1-2H3,(H,36,37). The third-order valence-electron chi connectivity index (χ3n) is 6.25. The molecule has 10 heteroatoms. The zero-order valence-corrected chi connectivity index (χ0v) is 20.2. The molecule has 1 amide bonds. The van der Waals surface area contributed by atoms with Gasteiger partial charge in [0.25, 0.3) is 0 Å². The van der Waals surface area contributed by atoms with Gasteiger partial charge in [-0.25, -0.2) is 0 Å². The van der Waals surface area contributed by atoms with E-state index in [-0.39, 0.29) is 18.2 Å². The van der Waals surface area contributed by atoms with Crippen molar-refractivity contribution < 1.29 is 35.9 Å². The molecule has 0 bridgehead atoms. The Balaban J connectivity index is 1.61. The van der Waals surface area contributed by atoms with E-state index in [4.69, 9.17) is 4.74 Å². The summed E-state index contributed by atoms with van der Waals surface area (Å²) < 4.78 is 84.7. The molecule has 1 unspecified atom stereocenters. The highest BCUT2D eigenvalue weighted by Gasteiger charge is 2.37. The number of nitrogens with zero attached hydrogens (tertiary/aromatic N) is 1. The van der Waals surface area contributed by atoms with Gasteiger partial charge >= 0.3 is 12.4 Å². The smallest absolute Gasteiger partial charge is 0.416 e. The van der Waals surface area contributed by atoms with E-state index in [0.717, 1.165) is 21.9 Å². The molecule has 1 N–H and O–H groups in total. The summed E-state index contributed by atoms with van der Waals surface area (Å²) >= 11 is 0. The number of pyridine rings is 1. The summed E-state index contributed by atoms with van der Waals surface area (Å²) in [5, 5.41) is 4.22. The molecule has 4 nitrogen and oxygen atoms in total. The molecule has 0 spiro atoms. The van der Waals surface area contributed by atoms with Crippen molar-refractivity contribution in [3.63, 3.8) is 0 Å². The minimum Gasteiger partial charge on any atom is -0.497 e. The number of fused-ring (bicyclic) bond motifs is 1. The van der Waals surface area contributed by atoms with Crippen molar-refractivity contribution >= 4 is 16.7 Å². The van der Waals surface area contributed by atoms with E-state index in [2.05, 4.69) is 10.3 Å². The summed E-state index contributed by atoms with van der Waals surface area (Å²) in [6.07, 6.45) is -6.74. The quantitative estimate of drug-likeness (QED) is 0.264. The summed E-state index contributed by atoms with van der Waals surface area (Å²) in [5.74, 6) is -1.30. The Morgan fingerprint density at radius 3 is 2.24 bits per heavy atom. The van der Waals surface area contributed by atoms with Crippen LogP contribution in [0, 0.1) is 0 Å². The first-order valence-electron chi connectivity index (χ1n) is 11.5. The van der Waals surface area contributed by atoms with Crippen LogP contribution in [0.3, 0.4) is 0 Å². The van der Waals surface area contributed by atoms with Gasteiger partial charge in [0.15, 0.2) is 0 Å². The second kappa shape index (κ2) is 10.4. The lowest BCUT2D eigenvalue weighted by Crippen LogP contribution is -2.28. The van der Waals surface area contributed by atoms with Gasteiger partial charge in [0.2, 0.25) is 5.91 Å². The van der Waals surface area contributed by atoms with Crippen LogP contribution in [-0.2, 0) is 23.7 Å². The van der Waals surface area contributed by atoms with E-state index in [1.54, 1.807) is 25.6 Å². The van der Waals surface area contributed by atoms with Crippen LogP contribution in [-0.4, -0.2) is 18.0 Å². The second-order valence-corrected chi connectivity index (χ2v) is 8.70. The van der Waals surface area contributed by atoms with Crippen molar-refractivity contribution in [2.45, 2.75) is 31.7 Å². The van der Waals surface area contributed by atoms with Crippen LogP contribution >= 0.6 is 0 Å². The summed E-state index contributed by atoms with van der Waals surface area (Å²) in [4.78, 5) is 17.0. The lowest BCUT2D eigenvalue weighted by molar-refractivity contribution is -0.143. The lowest BCUT2D eigenvalue weighted by atomic mass is 9.94. The third-order valence-corrected chi connectivity index (χ3v) is 6.25. The number of nitrogens with one attached hydrogen (secondary N) is 1. The molecular weight excluding hydrogens is 510 g/mol. The number of alkyl halides is 6. The van der Waals surface area contributed by atoms with Crippen molar-refractivity contribution in [2.75, 3.05) is 7.11 Å². The van der Waals surface area contributed by atoms with Gasteiger partial charge in [-0.3, -0.25) is 9.78 Å². The van der Waals surface area contributed by atoms with Crippen molar-refractivity contribution in [2.24, 2.45) is 0 Å². The van der Waals surface area contributed by atoms with E-state index in [1.807, 2.05) is 36.4 Å². The van der Waals surface area contributed by atoms with E-state index in [1.165, 1.54) is 6.92 Å². The molecular formula is C28H22F6N2O2. The predicted octanol–water partition coefficient (Wildman–Crippen LogP) is 7.37. The normalized spacial score (nSPS) is 12.8. The molecule has 3 aromatic carbocycles. The first-order valence-corrected chi connectivity index (χ1v) is 11.5. The predicted molar refractivity (Wildman–Crippen MR) is 130 cm³/mol. The molecule has 0 aliphatic heterocycles. The highest BCUT2D eigenvalue weighted by molar-refractivity contribution is 5.98. The van der Waals surface area contributed by atoms with Gasteiger partial charge in [-0.15, -0.1) is 0 Å². The Kier molecular flexibility index (Phi) is 7.35. The maximum atomic E-state index is 13.2. The Morgan fingerprint density at radius 2 is 1.61 bits per heavy atom. The van der Waals surface area contributed by atoms with Crippen LogP contribution in [0.5, 0.6) is 5.75 Å². The molecule has 1 atom stereocenters. The van der Waals surface area contributed by atoms with Gasteiger partial charge in [-0.05, 0) is 71.0 Å². The number of carbonyl (C=O) groups excluding carboxylic acids is 1. The molecule has 0 radical (unpaired) electrons. The van der Waals surface area contributed by atoms with Gasteiger partial charge in [0.1, 0.15) is 5.75 Å². The zero-order chi connectivity index (χ0) is 27.7. The maximum Gasteiger partial charge on any atom is 0.416 e. The fraction of sp³-hybridized carbons (Fsp3) is 0.214. The van der Waals surface area contributed by atoms with Crippen molar-refractivity contribution in [1.29, 1.82) is 0 Å². The van der Waals surface area contributed by atoms with Crippen LogP contribution in [0.4, 0.5) is 26.3 Å². The Labute approximate surface area is 214 Å². The molecule has 0 aliphatic carbocycles. The number of hydrogen-bond acceptors (Lipinski definition) is 3. The Morgan fingerprint density at radius 1 is 0.921 bits per heavy atom. The van der Waals surface area contributed by atoms with Crippen LogP contribution in [0.2, 0.25) is 0 Å². The first-order chi connectivity index (χ1) is 17.9. The molecule has 4 rings (SSSR count). The fourth-order valence-electron chi connectivity index (χ4n) is 4.16. The summed E-state index contributed by atoms with van der Waals surface area (Å²) in [5.41, 5.74) is -0.840. The minimum absolute atomic E-state index is 0.00511. The minimum atomic E-state index is -5.00. The monoisotopic (exact) mass is 532 g/mol. The average molecular weight is 532 g/mol. The zero-order valence-electron chi connectivity index (χ0n) is 20.2. The molecule has 4 aromatic rings. The van der Waals surface area contributed by atoms with E-state index in [9.17, 15) is 31.1 Å². The van der Waals surface area contributed by atoms with Crippen LogP contribution in [0.1, 0.15) is 35.1 Å². The van der Waals surface area contributed by atoms with Crippen molar-refractivity contribution in [1.82, 2.24) is 10.3 Å². The fourth-order valence-corrected chi connectivity index (χ4v) is 4.16. The lowest BCUT2D eigenvalue weighted by Gasteiger charge is -2.18. The number of carbonyl (C=O) groups is 1. The maximum absolute atomic E-state index is 13.2. The summed E-state index contributed by atoms with van der Waals surface area (Å²) in [6.45, 7) is 1.26. The molecule has 0 saturated carbocycles. The van der Waals surface area contributed by atoms with Crippen molar-refractivity contribution in [3.8, 4) is 16.9 Å². The van der Waals surface area contributed by atoms with Crippen LogP contribution in [0.15, 0.2) is 73.1 Å². The van der Waals surface area contributed by atoms with E-state index in [0.29, 0.717) is 23.4 Å². The highest BCUT2D eigenvalue weighted by Crippen LogP contribution is 2.38. The molecule has 0 aliphatic rings. The number of ether oxygens (including phenoxy) is 1.